The average Bonchev–Trinajstić information content (AvgIpc) is 3.23. The van der Waals surface area contributed by atoms with Crippen LogP contribution in [0.4, 0.5) is 0 Å². The summed E-state index contributed by atoms with van der Waals surface area (Å²) in [7, 11) is 0. The molecule has 0 saturated heterocycles. The molecule has 242 valence electrons. The van der Waals surface area contributed by atoms with Gasteiger partial charge in [0.2, 0.25) is 0 Å². The maximum Gasteiger partial charge on any atom is 0.0970 e. The zero-order valence-electron chi connectivity index (χ0n) is 28.1. The van der Waals surface area contributed by atoms with Crippen LogP contribution < -0.4 is 0 Å². The van der Waals surface area contributed by atoms with E-state index in [0.717, 1.165) is 88.4 Å². The summed E-state index contributed by atoms with van der Waals surface area (Å²) >= 11 is 0. The molecule has 10 rings (SSSR count). The van der Waals surface area contributed by atoms with Crippen molar-refractivity contribution in [1.82, 2.24) is 19.9 Å². The molecule has 0 bridgehead atoms. The smallest absolute Gasteiger partial charge is 0.0970 e. The van der Waals surface area contributed by atoms with Crippen LogP contribution in [0.25, 0.3) is 99.5 Å². The monoisotopic (exact) mass is 662 g/mol. The SMILES string of the molecule is c1ccc(-c2ccc(-c3ccc4ccc(-c5ccc6ccc(-c7ccc(-c8cc9cccnc9c9ncccc89)cc7)nc6c5)cc4n3)cc2)cc1. The van der Waals surface area contributed by atoms with Crippen LogP contribution in [-0.4, -0.2) is 19.9 Å². The molecule has 10 aromatic rings. The number of rotatable bonds is 5. The van der Waals surface area contributed by atoms with E-state index in [9.17, 15) is 0 Å². The van der Waals surface area contributed by atoms with Gasteiger partial charge in [-0.05, 0) is 75.8 Å². The molecule has 4 heterocycles. The van der Waals surface area contributed by atoms with Crippen molar-refractivity contribution in [3.63, 3.8) is 0 Å². The van der Waals surface area contributed by atoms with E-state index in [4.69, 9.17) is 9.97 Å². The Morgan fingerprint density at radius 3 is 1.44 bits per heavy atom. The second kappa shape index (κ2) is 12.4. The molecule has 0 fully saturated rings. The van der Waals surface area contributed by atoms with Crippen molar-refractivity contribution in [3.8, 4) is 55.9 Å². The maximum absolute atomic E-state index is 5.14. The normalized spacial score (nSPS) is 11.5. The standard InChI is InChI=1S/C48H30N4/c1-2-6-31(7-3-1)32-10-14-34(15-11-32)43-24-22-36-18-20-38(29-45(36)51-43)39-21-19-37-23-25-44(52-46(37)30-39)35-16-12-33(13-17-35)42-28-40-8-4-26-49-47(40)48-41(42)9-5-27-50-48/h1-30H. The highest BCUT2D eigenvalue weighted by molar-refractivity contribution is 6.10. The lowest BCUT2D eigenvalue weighted by molar-refractivity contribution is 1.37. The molecular formula is C48H30N4. The van der Waals surface area contributed by atoms with Crippen molar-refractivity contribution in [2.24, 2.45) is 0 Å². The second-order valence-electron chi connectivity index (χ2n) is 13.1. The minimum Gasteiger partial charge on any atom is -0.254 e. The molecule has 0 radical (unpaired) electrons. The third kappa shape index (κ3) is 5.34. The van der Waals surface area contributed by atoms with E-state index < -0.39 is 0 Å². The molecule has 4 nitrogen and oxygen atoms in total. The largest absolute Gasteiger partial charge is 0.254 e. The Bertz CT molecular complexity index is 2940. The minimum absolute atomic E-state index is 0.920. The second-order valence-corrected chi connectivity index (χ2v) is 13.1. The summed E-state index contributed by atoms with van der Waals surface area (Å²) in [6.45, 7) is 0. The summed E-state index contributed by atoms with van der Waals surface area (Å²) in [5.74, 6) is 0. The predicted octanol–water partition coefficient (Wildman–Crippen LogP) is 12.2. The summed E-state index contributed by atoms with van der Waals surface area (Å²) in [4.78, 5) is 19.5. The summed E-state index contributed by atoms with van der Waals surface area (Å²) < 4.78 is 0. The molecule has 0 aliphatic carbocycles. The van der Waals surface area contributed by atoms with E-state index >= 15 is 0 Å². The van der Waals surface area contributed by atoms with Crippen molar-refractivity contribution in [2.45, 2.75) is 0 Å². The Morgan fingerprint density at radius 1 is 0.308 bits per heavy atom. The fraction of sp³-hybridized carbons (Fsp3) is 0. The highest BCUT2D eigenvalue weighted by atomic mass is 14.7. The zero-order chi connectivity index (χ0) is 34.4. The first-order valence-corrected chi connectivity index (χ1v) is 17.4. The number of aromatic nitrogens is 4. The van der Waals surface area contributed by atoms with Crippen LogP contribution in [0.2, 0.25) is 0 Å². The van der Waals surface area contributed by atoms with E-state index in [2.05, 4.69) is 162 Å². The van der Waals surface area contributed by atoms with Crippen LogP contribution in [0, 0.1) is 0 Å². The third-order valence-electron chi connectivity index (χ3n) is 9.96. The third-order valence-corrected chi connectivity index (χ3v) is 9.96. The number of fused-ring (bicyclic) bond motifs is 5. The molecule has 4 aromatic heterocycles. The number of pyridine rings is 4. The molecule has 0 aliphatic rings. The van der Waals surface area contributed by atoms with Crippen LogP contribution in [0.1, 0.15) is 0 Å². The molecule has 0 N–H and O–H groups in total. The van der Waals surface area contributed by atoms with Gasteiger partial charge in [-0.1, -0.05) is 127 Å². The van der Waals surface area contributed by atoms with Gasteiger partial charge in [-0.25, -0.2) is 9.97 Å². The summed E-state index contributed by atoms with van der Waals surface area (Å²) in [6, 6.07) is 59.7. The lowest BCUT2D eigenvalue weighted by Crippen LogP contribution is -1.90. The first-order valence-electron chi connectivity index (χ1n) is 17.4. The predicted molar refractivity (Wildman–Crippen MR) is 215 cm³/mol. The van der Waals surface area contributed by atoms with E-state index in [1.807, 2.05) is 30.6 Å². The van der Waals surface area contributed by atoms with Gasteiger partial charge in [0, 0.05) is 45.1 Å². The van der Waals surface area contributed by atoms with Gasteiger partial charge in [0.1, 0.15) is 0 Å². The number of hydrogen-bond donors (Lipinski definition) is 0. The van der Waals surface area contributed by atoms with E-state index in [-0.39, 0.29) is 0 Å². The number of nitrogens with zero attached hydrogens (tertiary/aromatic N) is 4. The Labute approximate surface area is 300 Å². The fourth-order valence-electron chi connectivity index (χ4n) is 7.22. The van der Waals surface area contributed by atoms with Gasteiger partial charge in [0.05, 0.1) is 33.5 Å². The Kier molecular flexibility index (Phi) is 7.10. The minimum atomic E-state index is 0.920. The van der Waals surface area contributed by atoms with E-state index in [0.29, 0.717) is 0 Å². The molecule has 0 spiro atoms. The topological polar surface area (TPSA) is 51.6 Å². The maximum atomic E-state index is 5.14. The van der Waals surface area contributed by atoms with Gasteiger partial charge in [0.25, 0.3) is 0 Å². The first-order chi connectivity index (χ1) is 25.7. The first kappa shape index (κ1) is 29.8. The van der Waals surface area contributed by atoms with Crippen LogP contribution in [0.5, 0.6) is 0 Å². The summed E-state index contributed by atoms with van der Waals surface area (Å²) in [5.41, 5.74) is 14.7. The summed E-state index contributed by atoms with van der Waals surface area (Å²) in [5, 5.41) is 4.39. The zero-order valence-corrected chi connectivity index (χ0v) is 28.1. The van der Waals surface area contributed by atoms with Gasteiger partial charge < -0.3 is 0 Å². The van der Waals surface area contributed by atoms with Crippen LogP contribution in [0.15, 0.2) is 182 Å². The molecular weight excluding hydrogens is 633 g/mol. The molecule has 0 unspecified atom stereocenters. The van der Waals surface area contributed by atoms with Crippen LogP contribution >= 0.6 is 0 Å². The molecule has 52 heavy (non-hydrogen) atoms. The lowest BCUT2D eigenvalue weighted by Gasteiger charge is -2.11. The van der Waals surface area contributed by atoms with Gasteiger partial charge in [-0.15, -0.1) is 0 Å². The van der Waals surface area contributed by atoms with Crippen LogP contribution in [0.3, 0.4) is 0 Å². The number of benzene rings is 6. The van der Waals surface area contributed by atoms with Crippen molar-refractivity contribution >= 4 is 43.6 Å². The highest BCUT2D eigenvalue weighted by Crippen LogP contribution is 2.35. The quantitative estimate of drug-likeness (QED) is 0.172. The number of hydrogen-bond acceptors (Lipinski definition) is 4. The van der Waals surface area contributed by atoms with E-state index in [1.165, 1.54) is 11.1 Å². The Balaban J connectivity index is 0.958. The summed E-state index contributed by atoms with van der Waals surface area (Å²) in [6.07, 6.45) is 3.66. The molecule has 0 aliphatic heterocycles. The molecule has 0 atom stereocenters. The van der Waals surface area contributed by atoms with Crippen LogP contribution in [-0.2, 0) is 0 Å². The van der Waals surface area contributed by atoms with Gasteiger partial charge in [-0.3, -0.25) is 9.97 Å². The Hall–Kier alpha value is -7.04. The Morgan fingerprint density at radius 2 is 0.808 bits per heavy atom. The van der Waals surface area contributed by atoms with Crippen molar-refractivity contribution in [3.05, 3.63) is 182 Å². The van der Waals surface area contributed by atoms with E-state index in [1.54, 1.807) is 0 Å². The van der Waals surface area contributed by atoms with Crippen molar-refractivity contribution in [1.29, 1.82) is 0 Å². The molecule has 0 amide bonds. The van der Waals surface area contributed by atoms with Gasteiger partial charge >= 0.3 is 0 Å². The van der Waals surface area contributed by atoms with Gasteiger partial charge in [-0.2, -0.15) is 0 Å². The van der Waals surface area contributed by atoms with Crippen molar-refractivity contribution in [2.75, 3.05) is 0 Å². The lowest BCUT2D eigenvalue weighted by atomic mass is 9.96. The van der Waals surface area contributed by atoms with Crippen molar-refractivity contribution < 1.29 is 0 Å². The molecule has 0 saturated carbocycles. The molecule has 6 aromatic carbocycles. The highest BCUT2D eigenvalue weighted by Gasteiger charge is 2.12. The molecule has 4 heteroatoms. The fourth-order valence-corrected chi connectivity index (χ4v) is 7.22. The van der Waals surface area contributed by atoms with Gasteiger partial charge in [0.15, 0.2) is 0 Å². The average molecular weight is 663 g/mol.